The number of fused-ring (bicyclic) bond motifs is 1. The molecule has 2 aromatic carbocycles. The predicted octanol–water partition coefficient (Wildman–Crippen LogP) is 3.90. The number of aromatic nitrogens is 3. The number of carbonyl (C=O) groups is 1. The van der Waals surface area contributed by atoms with Crippen molar-refractivity contribution in [3.63, 3.8) is 0 Å². The van der Waals surface area contributed by atoms with E-state index in [1.807, 2.05) is 6.07 Å². The fourth-order valence-electron chi connectivity index (χ4n) is 5.11. The number of rotatable bonds is 6. The largest absolute Gasteiger partial charge is 0.508 e. The molecule has 1 aliphatic carbocycles. The highest BCUT2D eigenvalue weighted by Gasteiger charge is 2.28. The summed E-state index contributed by atoms with van der Waals surface area (Å²) in [5, 5.41) is 12.4. The van der Waals surface area contributed by atoms with Gasteiger partial charge < -0.3 is 10.4 Å². The first kappa shape index (κ1) is 26.2. The van der Waals surface area contributed by atoms with E-state index in [4.69, 9.17) is 0 Å². The normalized spacial score (nSPS) is 17.3. The van der Waals surface area contributed by atoms with Crippen molar-refractivity contribution >= 4 is 16.9 Å². The van der Waals surface area contributed by atoms with E-state index in [1.54, 1.807) is 18.2 Å². The number of carbonyl (C=O) groups excluding carboxylic acids is 1. The van der Waals surface area contributed by atoms with Crippen LogP contribution in [-0.2, 0) is 11.2 Å². The zero-order chi connectivity index (χ0) is 27.7. The first-order valence-corrected chi connectivity index (χ1v) is 12.6. The second kappa shape index (κ2) is 10.8. The molecular weight excluding hydrogens is 513 g/mol. The van der Waals surface area contributed by atoms with E-state index in [2.05, 4.69) is 10.3 Å². The third-order valence-corrected chi connectivity index (χ3v) is 7.03. The van der Waals surface area contributed by atoms with E-state index < -0.39 is 34.7 Å². The standard InChI is InChI=1S/C28H25F3N4O4/c29-17-13-22-26(32-15-17)34(20-9-10-23(30)24(31)14-20)28(39)35(27(22)38)19-7-5-18(6-8-19)33-25(37)11-4-16-2-1-3-21(36)12-16/h1-3,9-10,12-15,18-19,36H,4-8,11H2,(H,33,37)/t18-,19+. The average Bonchev–Trinajstić information content (AvgIpc) is 2.91. The van der Waals surface area contributed by atoms with Gasteiger partial charge in [0.15, 0.2) is 17.3 Å². The van der Waals surface area contributed by atoms with Crippen LogP contribution in [0.4, 0.5) is 13.2 Å². The van der Waals surface area contributed by atoms with Crippen LogP contribution in [0.3, 0.4) is 0 Å². The quantitative estimate of drug-likeness (QED) is 0.387. The van der Waals surface area contributed by atoms with Crippen molar-refractivity contribution < 1.29 is 23.1 Å². The van der Waals surface area contributed by atoms with Gasteiger partial charge in [0.2, 0.25) is 5.91 Å². The maximum absolute atomic E-state index is 14.0. The number of phenols is 1. The zero-order valence-corrected chi connectivity index (χ0v) is 20.7. The third kappa shape index (κ3) is 5.43. The fourth-order valence-corrected chi connectivity index (χ4v) is 5.11. The summed E-state index contributed by atoms with van der Waals surface area (Å²) in [4.78, 5) is 43.3. The molecule has 0 radical (unpaired) electrons. The third-order valence-electron chi connectivity index (χ3n) is 7.03. The van der Waals surface area contributed by atoms with Gasteiger partial charge in [-0.25, -0.2) is 27.5 Å². The monoisotopic (exact) mass is 538 g/mol. The number of aromatic hydroxyl groups is 1. The van der Waals surface area contributed by atoms with E-state index >= 15 is 0 Å². The van der Waals surface area contributed by atoms with Crippen molar-refractivity contribution in [2.75, 3.05) is 0 Å². The molecule has 0 unspecified atom stereocenters. The second-order valence-electron chi connectivity index (χ2n) is 9.66. The highest BCUT2D eigenvalue weighted by molar-refractivity contribution is 5.76. The summed E-state index contributed by atoms with van der Waals surface area (Å²) in [6, 6.07) is 9.83. The average molecular weight is 539 g/mol. The molecule has 0 bridgehead atoms. The first-order valence-electron chi connectivity index (χ1n) is 12.6. The van der Waals surface area contributed by atoms with Crippen molar-refractivity contribution in [2.24, 2.45) is 0 Å². The lowest BCUT2D eigenvalue weighted by molar-refractivity contribution is -0.122. The van der Waals surface area contributed by atoms with Crippen LogP contribution >= 0.6 is 0 Å². The van der Waals surface area contributed by atoms with Gasteiger partial charge in [0.1, 0.15) is 11.6 Å². The Kier molecular flexibility index (Phi) is 7.23. The minimum Gasteiger partial charge on any atom is -0.508 e. The fraction of sp³-hybridized carbons (Fsp3) is 0.286. The Morgan fingerprint density at radius 2 is 1.77 bits per heavy atom. The lowest BCUT2D eigenvalue weighted by atomic mass is 9.90. The first-order chi connectivity index (χ1) is 18.7. The van der Waals surface area contributed by atoms with Gasteiger partial charge in [-0.2, -0.15) is 0 Å². The number of nitrogens with one attached hydrogen (secondary N) is 1. The van der Waals surface area contributed by atoms with Crippen LogP contribution < -0.4 is 16.6 Å². The highest BCUT2D eigenvalue weighted by atomic mass is 19.2. The smallest absolute Gasteiger partial charge is 0.337 e. The van der Waals surface area contributed by atoms with Crippen LogP contribution in [0, 0.1) is 17.5 Å². The van der Waals surface area contributed by atoms with Crippen molar-refractivity contribution in [1.82, 2.24) is 19.4 Å². The molecule has 1 aliphatic rings. The van der Waals surface area contributed by atoms with Crippen LogP contribution in [0.25, 0.3) is 16.7 Å². The molecule has 1 saturated carbocycles. The molecule has 4 aromatic rings. The molecule has 11 heteroatoms. The Morgan fingerprint density at radius 1 is 1.00 bits per heavy atom. The molecule has 2 heterocycles. The van der Waals surface area contributed by atoms with E-state index in [-0.39, 0.29) is 40.8 Å². The molecule has 0 saturated heterocycles. The van der Waals surface area contributed by atoms with Crippen LogP contribution in [0.1, 0.15) is 43.7 Å². The summed E-state index contributed by atoms with van der Waals surface area (Å²) in [7, 11) is 0. The van der Waals surface area contributed by atoms with Crippen molar-refractivity contribution in [1.29, 1.82) is 0 Å². The molecule has 0 atom stereocenters. The van der Waals surface area contributed by atoms with Crippen molar-refractivity contribution in [3.8, 4) is 11.4 Å². The summed E-state index contributed by atoms with van der Waals surface area (Å²) in [5.74, 6) is -3.08. The highest BCUT2D eigenvalue weighted by Crippen LogP contribution is 2.28. The van der Waals surface area contributed by atoms with Gasteiger partial charge >= 0.3 is 5.69 Å². The van der Waals surface area contributed by atoms with Crippen LogP contribution in [0.2, 0.25) is 0 Å². The summed E-state index contributed by atoms with van der Waals surface area (Å²) < 4.78 is 43.6. The van der Waals surface area contributed by atoms with Crippen molar-refractivity contribution in [3.05, 3.63) is 98.6 Å². The molecule has 39 heavy (non-hydrogen) atoms. The number of hydrogen-bond acceptors (Lipinski definition) is 5. The Bertz CT molecular complexity index is 1680. The molecule has 2 N–H and O–H groups in total. The summed E-state index contributed by atoms with van der Waals surface area (Å²) in [6.45, 7) is 0. The summed E-state index contributed by atoms with van der Waals surface area (Å²) in [6.07, 6.45) is 3.33. The van der Waals surface area contributed by atoms with Crippen LogP contribution in [0.15, 0.2) is 64.3 Å². The van der Waals surface area contributed by atoms with Gasteiger partial charge in [0.25, 0.3) is 5.56 Å². The number of nitrogens with zero attached hydrogens (tertiary/aromatic N) is 3. The Balaban J connectivity index is 1.37. The molecule has 202 valence electrons. The predicted molar refractivity (Wildman–Crippen MR) is 137 cm³/mol. The Morgan fingerprint density at radius 3 is 2.49 bits per heavy atom. The molecule has 8 nitrogen and oxygen atoms in total. The second-order valence-corrected chi connectivity index (χ2v) is 9.66. The van der Waals surface area contributed by atoms with E-state index in [9.17, 15) is 32.7 Å². The van der Waals surface area contributed by atoms with Gasteiger partial charge in [-0.05, 0) is 68.0 Å². The van der Waals surface area contributed by atoms with E-state index in [0.717, 1.165) is 39.1 Å². The van der Waals surface area contributed by atoms with Gasteiger partial charge in [-0.1, -0.05) is 12.1 Å². The number of halogens is 3. The molecule has 0 aliphatic heterocycles. The minimum absolute atomic E-state index is 0.0514. The SMILES string of the molecule is O=C(CCc1cccc(O)c1)N[C@H]1CC[C@@H](n2c(=O)c3cc(F)cnc3n(-c3ccc(F)c(F)c3)c2=O)CC1. The molecule has 2 aromatic heterocycles. The molecule has 5 rings (SSSR count). The van der Waals surface area contributed by atoms with Gasteiger partial charge in [0, 0.05) is 24.6 Å². The lowest BCUT2D eigenvalue weighted by Crippen LogP contribution is -2.45. The van der Waals surface area contributed by atoms with Crippen LogP contribution in [0.5, 0.6) is 5.75 Å². The maximum atomic E-state index is 14.0. The Hall–Kier alpha value is -4.41. The number of phenolic OH excluding ortho intramolecular Hbond substituents is 1. The van der Waals surface area contributed by atoms with Crippen LogP contribution in [-0.4, -0.2) is 31.2 Å². The Labute approximate surface area is 220 Å². The van der Waals surface area contributed by atoms with E-state index in [0.29, 0.717) is 32.1 Å². The molecule has 1 fully saturated rings. The number of pyridine rings is 1. The van der Waals surface area contributed by atoms with Gasteiger partial charge in [-0.3, -0.25) is 14.2 Å². The molecular formula is C28H25F3N4O4. The maximum Gasteiger partial charge on any atom is 0.337 e. The number of amides is 1. The van der Waals surface area contributed by atoms with Gasteiger partial charge in [-0.15, -0.1) is 0 Å². The molecule has 0 spiro atoms. The summed E-state index contributed by atoms with van der Waals surface area (Å²) in [5.41, 5.74) is -0.894. The van der Waals surface area contributed by atoms with E-state index in [1.165, 1.54) is 6.07 Å². The van der Waals surface area contributed by atoms with Crippen molar-refractivity contribution in [2.45, 2.75) is 50.6 Å². The number of hydrogen-bond donors (Lipinski definition) is 2. The summed E-state index contributed by atoms with van der Waals surface area (Å²) >= 11 is 0. The van der Waals surface area contributed by atoms with Gasteiger partial charge in [0.05, 0.1) is 17.3 Å². The molecule has 1 amide bonds. The minimum atomic E-state index is -1.19. The zero-order valence-electron chi connectivity index (χ0n) is 20.7. The number of aryl methyl sites for hydroxylation is 1. The lowest BCUT2D eigenvalue weighted by Gasteiger charge is -2.30. The topological polar surface area (TPSA) is 106 Å². The number of benzene rings is 2.